The number of carbonyl (C=O) groups excluding carboxylic acids is 2. The third-order valence-electron chi connectivity index (χ3n) is 5.07. The van der Waals surface area contributed by atoms with Gasteiger partial charge in [0.25, 0.3) is 0 Å². The molecule has 0 aliphatic heterocycles. The lowest BCUT2D eigenvalue weighted by Crippen LogP contribution is -2.16. The van der Waals surface area contributed by atoms with E-state index >= 15 is 0 Å². The Morgan fingerprint density at radius 3 is 1.45 bits per heavy atom. The van der Waals surface area contributed by atoms with E-state index in [-0.39, 0.29) is 12.7 Å². The molecule has 2 rings (SSSR count). The molecule has 0 saturated carbocycles. The van der Waals surface area contributed by atoms with E-state index in [2.05, 4.69) is 20.8 Å². The van der Waals surface area contributed by atoms with Crippen LogP contribution in [-0.2, 0) is 32.4 Å². The minimum atomic E-state index is -0.665. The van der Waals surface area contributed by atoms with Crippen LogP contribution in [0.2, 0.25) is 0 Å². The first-order valence-corrected chi connectivity index (χ1v) is 11.7. The van der Waals surface area contributed by atoms with Crippen LogP contribution in [0, 0.1) is 13.2 Å². The largest absolute Gasteiger partial charge is 0.373 e. The van der Waals surface area contributed by atoms with Crippen molar-refractivity contribution < 1.29 is 29.1 Å². The van der Waals surface area contributed by atoms with E-state index in [9.17, 15) is 9.59 Å². The molecule has 2 aromatic carbocycles. The molecule has 0 N–H and O–H groups in total. The first-order valence-electron chi connectivity index (χ1n) is 11.7. The molecule has 2 radical (unpaired) electrons. The number of hydrogen-bond donors (Lipinski definition) is 0. The van der Waals surface area contributed by atoms with Gasteiger partial charge in [-0.1, -0.05) is 64.3 Å². The van der Waals surface area contributed by atoms with E-state index in [0.717, 1.165) is 49.7 Å². The second kappa shape index (κ2) is 15.2. The molecular weight excluding hydrogens is 420 g/mol. The van der Waals surface area contributed by atoms with Crippen molar-refractivity contribution in [1.82, 2.24) is 0 Å². The Morgan fingerprint density at radius 1 is 0.667 bits per heavy atom. The van der Waals surface area contributed by atoms with E-state index in [1.165, 1.54) is 0 Å². The van der Waals surface area contributed by atoms with Crippen LogP contribution >= 0.6 is 0 Å². The van der Waals surface area contributed by atoms with Crippen LogP contribution in [0.3, 0.4) is 0 Å². The Balaban J connectivity index is 1.85. The van der Waals surface area contributed by atoms with Crippen LogP contribution < -0.4 is 0 Å². The standard InChI is InChI=1S/C27H34O6/c1-4-7-10-21-13-17-23(18-14-21)26(28)32-30-25(12-9-6-3)31-33-27(29)24-19-15-22(16-20-24)11-8-5-2/h13-20H,3-12H2,1-2H3. The topological polar surface area (TPSA) is 71.1 Å². The normalized spacial score (nSPS) is 10.9. The van der Waals surface area contributed by atoms with Gasteiger partial charge in [0.05, 0.1) is 11.1 Å². The van der Waals surface area contributed by atoms with Gasteiger partial charge in [-0.2, -0.15) is 0 Å². The Labute approximate surface area is 197 Å². The predicted octanol–water partition coefficient (Wildman–Crippen LogP) is 6.74. The van der Waals surface area contributed by atoms with Crippen LogP contribution in [-0.4, -0.2) is 11.9 Å². The maximum Gasteiger partial charge on any atom is 0.373 e. The summed E-state index contributed by atoms with van der Waals surface area (Å²) < 4.78 is 0. The predicted molar refractivity (Wildman–Crippen MR) is 126 cm³/mol. The smallest absolute Gasteiger partial charge is 0.289 e. The van der Waals surface area contributed by atoms with Crippen LogP contribution in [0.1, 0.15) is 90.6 Å². The maximum atomic E-state index is 12.3. The third-order valence-corrected chi connectivity index (χ3v) is 5.07. The molecule has 6 nitrogen and oxygen atoms in total. The van der Waals surface area contributed by atoms with E-state index in [1.807, 2.05) is 24.3 Å². The summed E-state index contributed by atoms with van der Waals surface area (Å²) in [4.78, 5) is 44.4. The molecule has 33 heavy (non-hydrogen) atoms. The van der Waals surface area contributed by atoms with Crippen LogP contribution in [0.4, 0.5) is 0 Å². The molecule has 0 amide bonds. The summed E-state index contributed by atoms with van der Waals surface area (Å²) in [6.07, 6.45) is 7.68. The number of benzene rings is 2. The van der Waals surface area contributed by atoms with Crippen molar-refractivity contribution in [1.29, 1.82) is 0 Å². The number of unbranched alkanes of at least 4 members (excludes halogenated alkanes) is 3. The van der Waals surface area contributed by atoms with E-state index in [1.54, 1.807) is 24.3 Å². The fourth-order valence-corrected chi connectivity index (χ4v) is 3.01. The second-order valence-electron chi connectivity index (χ2n) is 7.84. The molecule has 0 heterocycles. The zero-order valence-corrected chi connectivity index (χ0v) is 19.6. The summed E-state index contributed by atoms with van der Waals surface area (Å²) in [7, 11) is 0. The van der Waals surface area contributed by atoms with E-state index in [0.29, 0.717) is 24.0 Å². The number of hydrogen-bond acceptors (Lipinski definition) is 6. The molecule has 0 bridgehead atoms. The molecule has 178 valence electrons. The van der Waals surface area contributed by atoms with Gasteiger partial charge in [-0.15, -0.1) is 9.78 Å². The highest BCUT2D eigenvalue weighted by molar-refractivity contribution is 5.89. The van der Waals surface area contributed by atoms with Crippen molar-refractivity contribution >= 4 is 11.9 Å². The van der Waals surface area contributed by atoms with Gasteiger partial charge in [0.15, 0.2) is 0 Å². The summed E-state index contributed by atoms with van der Waals surface area (Å²) >= 11 is 0. The Hall–Kier alpha value is -2.70. The monoisotopic (exact) mass is 454 g/mol. The maximum absolute atomic E-state index is 12.3. The summed E-state index contributed by atoms with van der Waals surface area (Å²) in [5, 5.41) is 0. The first kappa shape index (κ1) is 26.6. The molecule has 0 saturated heterocycles. The molecule has 6 heteroatoms. The summed E-state index contributed by atoms with van der Waals surface area (Å²) in [5.74, 6) is -1.33. The average molecular weight is 455 g/mol. The minimum absolute atomic E-state index is 0.125. The molecule has 0 unspecified atom stereocenters. The zero-order chi connectivity index (χ0) is 23.9. The lowest BCUT2D eigenvalue weighted by atomic mass is 10.1. The molecular formula is C27H34O6. The van der Waals surface area contributed by atoms with Crippen molar-refractivity contribution in [3.05, 3.63) is 84.0 Å². The van der Waals surface area contributed by atoms with Gasteiger partial charge in [-0.05, 0) is 67.5 Å². The number of carbonyl (C=O) groups is 2. The molecule has 0 atom stereocenters. The fraction of sp³-hybridized carbons (Fsp3) is 0.407. The number of rotatable bonds is 15. The van der Waals surface area contributed by atoms with Gasteiger partial charge in [-0.25, -0.2) is 9.59 Å². The average Bonchev–Trinajstić information content (AvgIpc) is 2.86. The van der Waals surface area contributed by atoms with E-state index in [4.69, 9.17) is 19.6 Å². The molecule has 0 aromatic heterocycles. The van der Waals surface area contributed by atoms with Crippen LogP contribution in [0.15, 0.2) is 48.5 Å². The minimum Gasteiger partial charge on any atom is -0.289 e. The molecule has 0 fully saturated rings. The van der Waals surface area contributed by atoms with Crippen molar-refractivity contribution in [2.24, 2.45) is 0 Å². The lowest BCUT2D eigenvalue weighted by Gasteiger charge is -2.13. The Morgan fingerprint density at radius 2 is 1.09 bits per heavy atom. The van der Waals surface area contributed by atoms with Gasteiger partial charge >= 0.3 is 18.2 Å². The van der Waals surface area contributed by atoms with Crippen molar-refractivity contribution in [2.45, 2.75) is 71.6 Å². The van der Waals surface area contributed by atoms with Gasteiger partial charge in [-0.3, -0.25) is 9.78 Å². The summed E-state index contributed by atoms with van der Waals surface area (Å²) in [5.41, 5.74) is 3.02. The van der Waals surface area contributed by atoms with Crippen molar-refractivity contribution in [3.63, 3.8) is 0 Å². The van der Waals surface area contributed by atoms with Gasteiger partial charge in [0.2, 0.25) is 0 Å². The van der Waals surface area contributed by atoms with Gasteiger partial charge in [0, 0.05) is 6.42 Å². The fourth-order valence-electron chi connectivity index (χ4n) is 3.01. The zero-order valence-electron chi connectivity index (χ0n) is 19.6. The highest BCUT2D eigenvalue weighted by atomic mass is 17.3. The number of aryl methyl sites for hydroxylation is 2. The van der Waals surface area contributed by atoms with Crippen molar-refractivity contribution in [3.8, 4) is 0 Å². The summed E-state index contributed by atoms with van der Waals surface area (Å²) in [6, 6.07) is 14.3. The van der Waals surface area contributed by atoms with E-state index < -0.39 is 11.9 Å². The highest BCUT2D eigenvalue weighted by Gasteiger charge is 2.21. The molecule has 0 spiro atoms. The lowest BCUT2D eigenvalue weighted by molar-refractivity contribution is -0.363. The van der Waals surface area contributed by atoms with Crippen LogP contribution in [0.25, 0.3) is 0 Å². The van der Waals surface area contributed by atoms with Crippen LogP contribution in [0.5, 0.6) is 0 Å². The van der Waals surface area contributed by atoms with Gasteiger partial charge in [0.1, 0.15) is 0 Å². The molecule has 0 aliphatic carbocycles. The highest BCUT2D eigenvalue weighted by Crippen LogP contribution is 2.18. The molecule has 0 aliphatic rings. The first-order chi connectivity index (χ1) is 16.1. The van der Waals surface area contributed by atoms with Gasteiger partial charge < -0.3 is 0 Å². The quantitative estimate of drug-likeness (QED) is 0.219. The van der Waals surface area contributed by atoms with Crippen molar-refractivity contribution in [2.75, 3.05) is 0 Å². The Bertz CT molecular complexity index is 761. The third kappa shape index (κ3) is 9.76. The summed E-state index contributed by atoms with van der Waals surface area (Å²) in [6.45, 7) is 8.03. The molecule has 2 aromatic rings. The Kier molecular flexibility index (Phi) is 12.2. The SMILES string of the molecule is [CH2]CCC[C](OOC(=O)c1ccc(CCCC)cc1)OOC(=O)c1ccc(CCCC)cc1. The second-order valence-corrected chi connectivity index (χ2v) is 7.84.